The molecule has 0 saturated heterocycles. The summed E-state index contributed by atoms with van der Waals surface area (Å²) in [6.07, 6.45) is 3.19. The number of aromatic nitrogens is 1. The van der Waals surface area contributed by atoms with Gasteiger partial charge in [0.2, 0.25) is 0 Å². The molecular weight excluding hydrogens is 164 g/mol. The Morgan fingerprint density at radius 2 is 2.46 bits per heavy atom. The molecule has 1 rings (SSSR count). The first-order valence-electron chi connectivity index (χ1n) is 3.84. The minimum atomic E-state index is 0.415. The summed E-state index contributed by atoms with van der Waals surface area (Å²) in [7, 11) is 0. The molecule has 0 N–H and O–H groups in total. The van der Waals surface area contributed by atoms with Crippen molar-refractivity contribution in [3.05, 3.63) is 41.9 Å². The molecule has 3 nitrogen and oxygen atoms in total. The standard InChI is InChI=1S/C10H10N2O/c1-8(2)13-7-10-3-9(4-11)5-12-6-10/h3,5-6H,1,7H2,2H3. The number of pyridine rings is 1. The van der Waals surface area contributed by atoms with E-state index in [2.05, 4.69) is 11.6 Å². The number of rotatable bonds is 3. The minimum Gasteiger partial charge on any atom is -0.494 e. The molecule has 0 aromatic carbocycles. The highest BCUT2D eigenvalue weighted by Gasteiger charge is 1.96. The van der Waals surface area contributed by atoms with Gasteiger partial charge in [0.15, 0.2) is 0 Å². The summed E-state index contributed by atoms with van der Waals surface area (Å²) in [5, 5.41) is 8.59. The van der Waals surface area contributed by atoms with E-state index in [1.54, 1.807) is 19.2 Å². The fourth-order valence-electron chi connectivity index (χ4n) is 0.834. The third-order valence-electron chi connectivity index (χ3n) is 1.41. The van der Waals surface area contributed by atoms with E-state index in [0.717, 1.165) is 5.56 Å². The van der Waals surface area contributed by atoms with Crippen LogP contribution in [-0.4, -0.2) is 4.98 Å². The second kappa shape index (κ2) is 4.27. The van der Waals surface area contributed by atoms with Crippen LogP contribution >= 0.6 is 0 Å². The van der Waals surface area contributed by atoms with Crippen molar-refractivity contribution < 1.29 is 4.74 Å². The lowest BCUT2D eigenvalue weighted by atomic mass is 10.2. The third kappa shape index (κ3) is 2.96. The van der Waals surface area contributed by atoms with Crippen LogP contribution in [0.2, 0.25) is 0 Å². The summed E-state index contributed by atoms with van der Waals surface area (Å²) in [4.78, 5) is 3.90. The number of ether oxygens (including phenoxy) is 1. The Labute approximate surface area is 77.3 Å². The summed E-state index contributed by atoms with van der Waals surface area (Å²) in [6, 6.07) is 3.76. The lowest BCUT2D eigenvalue weighted by molar-refractivity contribution is 0.202. The SMILES string of the molecule is C=C(C)OCc1cncc(C#N)c1. The molecule has 0 aliphatic heterocycles. The van der Waals surface area contributed by atoms with Crippen molar-refractivity contribution in [1.29, 1.82) is 5.26 Å². The van der Waals surface area contributed by atoms with Gasteiger partial charge in [-0.05, 0) is 13.0 Å². The zero-order chi connectivity index (χ0) is 9.68. The number of nitriles is 1. The Kier molecular flexibility index (Phi) is 3.04. The quantitative estimate of drug-likeness (QED) is 0.658. The number of allylic oxidation sites excluding steroid dienone is 1. The Morgan fingerprint density at radius 3 is 3.08 bits per heavy atom. The lowest BCUT2D eigenvalue weighted by Gasteiger charge is -2.03. The van der Waals surface area contributed by atoms with Crippen LogP contribution in [0.1, 0.15) is 18.1 Å². The first-order chi connectivity index (χ1) is 6.22. The predicted octanol–water partition coefficient (Wildman–Crippen LogP) is 2.00. The van der Waals surface area contributed by atoms with Gasteiger partial charge in [0.25, 0.3) is 0 Å². The van der Waals surface area contributed by atoms with E-state index in [1.807, 2.05) is 6.07 Å². The van der Waals surface area contributed by atoms with E-state index < -0.39 is 0 Å². The first kappa shape index (κ1) is 9.27. The molecule has 0 amide bonds. The van der Waals surface area contributed by atoms with Crippen LogP contribution in [0.5, 0.6) is 0 Å². The van der Waals surface area contributed by atoms with E-state index >= 15 is 0 Å². The summed E-state index contributed by atoms with van der Waals surface area (Å²) >= 11 is 0. The maximum atomic E-state index is 8.59. The molecule has 0 aliphatic carbocycles. The van der Waals surface area contributed by atoms with Crippen molar-refractivity contribution in [3.8, 4) is 6.07 Å². The molecule has 0 spiro atoms. The van der Waals surface area contributed by atoms with Crippen molar-refractivity contribution in [1.82, 2.24) is 4.98 Å². The van der Waals surface area contributed by atoms with E-state index in [0.29, 0.717) is 17.9 Å². The highest BCUT2D eigenvalue weighted by molar-refractivity contribution is 5.28. The molecule has 0 fully saturated rings. The van der Waals surface area contributed by atoms with Gasteiger partial charge >= 0.3 is 0 Å². The van der Waals surface area contributed by atoms with Gasteiger partial charge in [-0.25, -0.2) is 0 Å². The second-order valence-electron chi connectivity index (χ2n) is 2.68. The summed E-state index contributed by atoms with van der Waals surface area (Å²) in [6.45, 7) is 5.80. The van der Waals surface area contributed by atoms with Crippen LogP contribution in [0.25, 0.3) is 0 Å². The van der Waals surface area contributed by atoms with Gasteiger partial charge in [-0.15, -0.1) is 0 Å². The van der Waals surface area contributed by atoms with Crippen molar-refractivity contribution in [2.45, 2.75) is 13.5 Å². The minimum absolute atomic E-state index is 0.415. The average Bonchev–Trinajstić information content (AvgIpc) is 2.15. The van der Waals surface area contributed by atoms with Gasteiger partial charge in [-0.1, -0.05) is 6.58 Å². The smallest absolute Gasteiger partial charge is 0.114 e. The molecule has 1 aromatic rings. The van der Waals surface area contributed by atoms with Crippen LogP contribution in [0.4, 0.5) is 0 Å². The monoisotopic (exact) mass is 174 g/mol. The van der Waals surface area contributed by atoms with Gasteiger partial charge in [0, 0.05) is 18.0 Å². The fraction of sp³-hybridized carbons (Fsp3) is 0.200. The van der Waals surface area contributed by atoms with Crippen LogP contribution < -0.4 is 0 Å². The Hall–Kier alpha value is -1.82. The van der Waals surface area contributed by atoms with Crippen LogP contribution in [0.15, 0.2) is 30.8 Å². The van der Waals surface area contributed by atoms with Crippen LogP contribution in [0.3, 0.4) is 0 Å². The summed E-state index contributed by atoms with van der Waals surface area (Å²) < 4.78 is 5.18. The van der Waals surface area contributed by atoms with E-state index in [-0.39, 0.29) is 0 Å². The lowest BCUT2D eigenvalue weighted by Crippen LogP contribution is -1.91. The van der Waals surface area contributed by atoms with Crippen molar-refractivity contribution in [3.63, 3.8) is 0 Å². The molecule has 0 aliphatic rings. The maximum Gasteiger partial charge on any atom is 0.114 e. The van der Waals surface area contributed by atoms with Gasteiger partial charge in [-0.3, -0.25) is 4.98 Å². The van der Waals surface area contributed by atoms with Crippen molar-refractivity contribution in [2.24, 2.45) is 0 Å². The van der Waals surface area contributed by atoms with Gasteiger partial charge in [-0.2, -0.15) is 5.26 Å². The molecule has 66 valence electrons. The molecular formula is C10H10N2O. The van der Waals surface area contributed by atoms with Crippen LogP contribution in [-0.2, 0) is 11.3 Å². The molecule has 0 radical (unpaired) electrons. The van der Waals surface area contributed by atoms with E-state index in [4.69, 9.17) is 10.00 Å². The molecule has 0 bridgehead atoms. The molecule has 1 heterocycles. The topological polar surface area (TPSA) is 45.9 Å². The number of hydrogen-bond donors (Lipinski definition) is 0. The highest BCUT2D eigenvalue weighted by atomic mass is 16.5. The van der Waals surface area contributed by atoms with Crippen LogP contribution in [0, 0.1) is 11.3 Å². The number of hydrogen-bond acceptors (Lipinski definition) is 3. The molecule has 1 aromatic heterocycles. The molecule has 0 saturated carbocycles. The predicted molar refractivity (Wildman–Crippen MR) is 48.6 cm³/mol. The highest BCUT2D eigenvalue weighted by Crippen LogP contribution is 2.05. The molecule has 13 heavy (non-hydrogen) atoms. The summed E-state index contributed by atoms with van der Waals surface area (Å²) in [5.74, 6) is 0.655. The largest absolute Gasteiger partial charge is 0.494 e. The summed E-state index contributed by atoms with van der Waals surface area (Å²) in [5.41, 5.74) is 1.42. The second-order valence-corrected chi connectivity index (χ2v) is 2.68. The Balaban J connectivity index is 2.68. The van der Waals surface area contributed by atoms with Gasteiger partial charge in [0.05, 0.1) is 11.3 Å². The molecule has 0 unspecified atom stereocenters. The van der Waals surface area contributed by atoms with Gasteiger partial charge in [0.1, 0.15) is 12.7 Å². The Bertz CT molecular complexity index is 352. The number of nitrogens with zero attached hydrogens (tertiary/aromatic N) is 2. The van der Waals surface area contributed by atoms with Crippen molar-refractivity contribution in [2.75, 3.05) is 0 Å². The van der Waals surface area contributed by atoms with Crippen molar-refractivity contribution >= 4 is 0 Å². The zero-order valence-corrected chi connectivity index (χ0v) is 7.45. The van der Waals surface area contributed by atoms with E-state index in [9.17, 15) is 0 Å². The average molecular weight is 174 g/mol. The maximum absolute atomic E-state index is 8.59. The fourth-order valence-corrected chi connectivity index (χ4v) is 0.834. The third-order valence-corrected chi connectivity index (χ3v) is 1.41. The Morgan fingerprint density at radius 1 is 1.69 bits per heavy atom. The zero-order valence-electron chi connectivity index (χ0n) is 7.45. The molecule has 0 atom stereocenters. The molecule has 3 heteroatoms. The van der Waals surface area contributed by atoms with Gasteiger partial charge < -0.3 is 4.74 Å². The van der Waals surface area contributed by atoms with E-state index in [1.165, 1.54) is 6.20 Å². The normalized spacial score (nSPS) is 8.92. The first-order valence-corrected chi connectivity index (χ1v) is 3.84.